The van der Waals surface area contributed by atoms with Crippen molar-refractivity contribution in [2.45, 2.75) is 31.2 Å². The van der Waals surface area contributed by atoms with Gasteiger partial charge < -0.3 is 30.9 Å². The van der Waals surface area contributed by atoms with Gasteiger partial charge in [-0.1, -0.05) is 18.2 Å². The van der Waals surface area contributed by atoms with E-state index in [0.29, 0.717) is 12.7 Å². The highest BCUT2D eigenvalue weighted by Crippen LogP contribution is 2.15. The normalized spacial score (nSPS) is 11.7. The molecule has 0 spiro atoms. The molecule has 14 heteroatoms. The zero-order valence-corrected chi connectivity index (χ0v) is 20.4. The topological polar surface area (TPSA) is 205 Å². The standard InChI is InChI=1S/C22H28N6O7S/c1-35-21(32)17-8-3-2-6-15(17)14-36(33,34)27-18-9-5-11-28(20(18)31)12-19(30)26-16(13-29)7-4-10-25-22(23)24/h2-3,5-6,8-9,11,13,16,27H,4,7,10,12,14H2,1H3,(H,26,30)(H4,23,24,25). The summed E-state index contributed by atoms with van der Waals surface area (Å²) in [5.74, 6) is -1.99. The first-order chi connectivity index (χ1) is 17.1. The zero-order chi connectivity index (χ0) is 26.7. The van der Waals surface area contributed by atoms with Gasteiger partial charge in [0.1, 0.15) is 18.5 Å². The van der Waals surface area contributed by atoms with Crippen LogP contribution in [-0.4, -0.2) is 56.8 Å². The molecule has 0 radical (unpaired) electrons. The van der Waals surface area contributed by atoms with Crippen molar-refractivity contribution in [1.29, 1.82) is 0 Å². The summed E-state index contributed by atoms with van der Waals surface area (Å²) in [6, 6.07) is 7.85. The highest BCUT2D eigenvalue weighted by Gasteiger charge is 2.20. The van der Waals surface area contributed by atoms with Crippen LogP contribution in [0.4, 0.5) is 5.69 Å². The van der Waals surface area contributed by atoms with Gasteiger partial charge in [0, 0.05) is 12.7 Å². The molecular formula is C22H28N6O7S. The number of guanidine groups is 1. The Morgan fingerprint density at radius 1 is 1.19 bits per heavy atom. The number of hydrogen-bond donors (Lipinski definition) is 4. The van der Waals surface area contributed by atoms with E-state index in [0.717, 1.165) is 4.57 Å². The molecule has 1 unspecified atom stereocenters. The van der Waals surface area contributed by atoms with E-state index < -0.39 is 45.8 Å². The Morgan fingerprint density at radius 2 is 1.92 bits per heavy atom. The Bertz CT molecular complexity index is 1290. The van der Waals surface area contributed by atoms with Crippen molar-refractivity contribution in [3.8, 4) is 0 Å². The second-order valence-electron chi connectivity index (χ2n) is 7.62. The summed E-state index contributed by atoms with van der Waals surface area (Å²) in [5, 5.41) is 2.49. The molecule has 2 aromatic rings. The van der Waals surface area contributed by atoms with Crippen LogP contribution in [-0.2, 0) is 36.6 Å². The maximum Gasteiger partial charge on any atom is 0.338 e. The van der Waals surface area contributed by atoms with E-state index in [9.17, 15) is 27.6 Å². The van der Waals surface area contributed by atoms with Gasteiger partial charge in [-0.05, 0) is 36.6 Å². The molecule has 194 valence electrons. The number of methoxy groups -OCH3 is 1. The third kappa shape index (κ3) is 8.54. The number of nitrogens with two attached hydrogens (primary N) is 2. The number of amides is 1. The summed E-state index contributed by atoms with van der Waals surface area (Å²) in [6.07, 6.45) is 2.60. The van der Waals surface area contributed by atoms with Gasteiger partial charge in [0.05, 0.1) is 24.5 Å². The Hall–Kier alpha value is -4.20. The van der Waals surface area contributed by atoms with E-state index in [1.54, 1.807) is 12.1 Å². The third-order valence-electron chi connectivity index (χ3n) is 4.85. The Kier molecular flexibility index (Phi) is 10.2. The van der Waals surface area contributed by atoms with Gasteiger partial charge >= 0.3 is 5.97 Å². The predicted molar refractivity (Wildman–Crippen MR) is 133 cm³/mol. The van der Waals surface area contributed by atoms with Crippen molar-refractivity contribution in [3.63, 3.8) is 0 Å². The Labute approximate surface area is 207 Å². The van der Waals surface area contributed by atoms with E-state index in [4.69, 9.17) is 11.5 Å². The lowest BCUT2D eigenvalue weighted by atomic mass is 10.1. The molecule has 0 aliphatic rings. The number of anilines is 1. The molecule has 13 nitrogen and oxygen atoms in total. The summed E-state index contributed by atoms with van der Waals surface area (Å²) in [7, 11) is -2.93. The number of aliphatic imine (C=N–C) groups is 1. The van der Waals surface area contributed by atoms with Crippen molar-refractivity contribution < 1.29 is 27.5 Å². The minimum atomic E-state index is -4.11. The monoisotopic (exact) mass is 520 g/mol. The van der Waals surface area contributed by atoms with Crippen LogP contribution < -0.4 is 27.1 Å². The minimum Gasteiger partial charge on any atom is -0.465 e. The quantitative estimate of drug-likeness (QED) is 0.0866. The molecule has 0 aliphatic carbocycles. The van der Waals surface area contributed by atoms with E-state index in [1.807, 2.05) is 0 Å². The number of benzene rings is 1. The lowest BCUT2D eigenvalue weighted by Crippen LogP contribution is -2.40. The van der Waals surface area contributed by atoms with Crippen LogP contribution in [0.5, 0.6) is 0 Å². The fourth-order valence-corrected chi connectivity index (χ4v) is 4.43. The van der Waals surface area contributed by atoms with Crippen molar-refractivity contribution >= 4 is 39.8 Å². The van der Waals surface area contributed by atoms with E-state index >= 15 is 0 Å². The van der Waals surface area contributed by atoms with Gasteiger partial charge in [-0.25, -0.2) is 13.2 Å². The average Bonchev–Trinajstić information content (AvgIpc) is 2.82. The number of aromatic nitrogens is 1. The summed E-state index contributed by atoms with van der Waals surface area (Å²) in [5.41, 5.74) is 9.67. The number of carbonyl (C=O) groups excluding carboxylic acids is 3. The molecular weight excluding hydrogens is 492 g/mol. The maximum absolute atomic E-state index is 12.8. The van der Waals surface area contributed by atoms with Gasteiger partial charge in [0.25, 0.3) is 5.56 Å². The smallest absolute Gasteiger partial charge is 0.338 e. The van der Waals surface area contributed by atoms with Crippen molar-refractivity contribution in [2.24, 2.45) is 16.5 Å². The van der Waals surface area contributed by atoms with Crippen LogP contribution in [0.2, 0.25) is 0 Å². The molecule has 1 heterocycles. The zero-order valence-electron chi connectivity index (χ0n) is 19.5. The number of aldehydes is 1. The van der Waals surface area contributed by atoms with Crippen LogP contribution in [0.15, 0.2) is 52.4 Å². The lowest BCUT2D eigenvalue weighted by Gasteiger charge is -2.14. The number of hydrogen-bond acceptors (Lipinski definition) is 8. The van der Waals surface area contributed by atoms with Gasteiger partial charge in [-0.2, -0.15) is 0 Å². The van der Waals surface area contributed by atoms with Crippen LogP contribution in [0, 0.1) is 0 Å². The Morgan fingerprint density at radius 3 is 2.58 bits per heavy atom. The summed E-state index contributed by atoms with van der Waals surface area (Å²) in [6.45, 7) is -0.161. The fourth-order valence-electron chi connectivity index (χ4n) is 3.20. The van der Waals surface area contributed by atoms with Gasteiger partial charge in [-0.3, -0.25) is 19.3 Å². The fraction of sp³-hybridized carbons (Fsp3) is 0.318. The van der Waals surface area contributed by atoms with Crippen molar-refractivity contribution in [2.75, 3.05) is 18.4 Å². The SMILES string of the molecule is COC(=O)c1ccccc1CS(=O)(=O)Nc1cccn(CC(=O)NC(C=O)CCCN=C(N)N)c1=O. The van der Waals surface area contributed by atoms with Gasteiger partial charge in [-0.15, -0.1) is 0 Å². The summed E-state index contributed by atoms with van der Waals surface area (Å²) >= 11 is 0. The van der Waals surface area contributed by atoms with Crippen LogP contribution in [0.1, 0.15) is 28.8 Å². The first-order valence-electron chi connectivity index (χ1n) is 10.7. The first kappa shape index (κ1) is 28.0. The maximum atomic E-state index is 12.8. The number of sulfonamides is 1. The van der Waals surface area contributed by atoms with Crippen molar-refractivity contribution in [3.05, 3.63) is 64.1 Å². The molecule has 2 rings (SSSR count). The molecule has 0 fully saturated rings. The molecule has 1 amide bonds. The number of pyridine rings is 1. The molecule has 1 aromatic carbocycles. The molecule has 0 saturated heterocycles. The number of rotatable bonds is 13. The van der Waals surface area contributed by atoms with E-state index in [2.05, 4.69) is 19.8 Å². The largest absolute Gasteiger partial charge is 0.465 e. The minimum absolute atomic E-state index is 0.0792. The Balaban J connectivity index is 2.08. The third-order valence-corrected chi connectivity index (χ3v) is 6.07. The summed E-state index contributed by atoms with van der Waals surface area (Å²) < 4.78 is 33.3. The number of nitrogens with zero attached hydrogens (tertiary/aromatic N) is 2. The molecule has 1 atom stereocenters. The lowest BCUT2D eigenvalue weighted by molar-refractivity contribution is -0.124. The highest BCUT2D eigenvalue weighted by atomic mass is 32.2. The van der Waals surface area contributed by atoms with Crippen LogP contribution in [0.3, 0.4) is 0 Å². The predicted octanol–water partition coefficient (Wildman–Crippen LogP) is -0.686. The highest BCUT2D eigenvalue weighted by molar-refractivity contribution is 7.91. The van der Waals surface area contributed by atoms with Crippen LogP contribution >= 0.6 is 0 Å². The molecule has 0 saturated carbocycles. The molecule has 0 aliphatic heterocycles. The molecule has 0 bridgehead atoms. The molecule has 36 heavy (non-hydrogen) atoms. The molecule has 6 N–H and O–H groups in total. The number of ether oxygens (including phenoxy) is 1. The second-order valence-corrected chi connectivity index (χ2v) is 9.35. The van der Waals surface area contributed by atoms with E-state index in [-0.39, 0.29) is 35.7 Å². The van der Waals surface area contributed by atoms with Crippen LogP contribution in [0.25, 0.3) is 0 Å². The summed E-state index contributed by atoms with van der Waals surface area (Å²) in [4.78, 5) is 52.1. The molecule has 1 aromatic heterocycles. The number of nitrogens with one attached hydrogen (secondary N) is 2. The average molecular weight is 521 g/mol. The first-order valence-corrected chi connectivity index (χ1v) is 12.4. The van der Waals surface area contributed by atoms with Crippen molar-refractivity contribution in [1.82, 2.24) is 9.88 Å². The van der Waals surface area contributed by atoms with Gasteiger partial charge in [0.2, 0.25) is 15.9 Å². The number of esters is 1. The second kappa shape index (κ2) is 13.0. The van der Waals surface area contributed by atoms with Gasteiger partial charge in [0.15, 0.2) is 5.96 Å². The number of carbonyl (C=O) groups is 3. The van der Waals surface area contributed by atoms with E-state index in [1.165, 1.54) is 37.6 Å².